The molecule has 5 aromatic rings. The Balaban J connectivity index is 0.000000153. The largest absolute Gasteiger partial charge is 1.00 e. The summed E-state index contributed by atoms with van der Waals surface area (Å²) in [6.07, 6.45) is 11.5. The molecule has 10 nitrogen and oxygen atoms in total. The molecule has 0 aliphatic heterocycles. The maximum absolute atomic E-state index is 5.68. The number of imidazole rings is 2. The highest BCUT2D eigenvalue weighted by Crippen LogP contribution is 2.13. The second-order valence-corrected chi connectivity index (χ2v) is 5.94. The zero-order chi connectivity index (χ0) is 19.8. The van der Waals surface area contributed by atoms with Crippen LogP contribution in [0.1, 0.15) is 0 Å². The molecular weight excluding hydrogens is 415 g/mol. The topological polar surface area (TPSA) is 126 Å². The fraction of sp³-hybridized carbons (Fsp3) is 0.118. The van der Waals surface area contributed by atoms with Crippen LogP contribution in [0.25, 0.3) is 22.3 Å². The normalized spacial score (nSPS) is 9.62. The standard InChI is InChI=1S/C7H10N2.C5H3ClN4.C5H4N4.ClH/c1-9(2)7-3-5-8-6-4-7;6-4-3-5(9-1-7-3)10-2-8-4;1-4-5(8-2-6-1)9-3-7-4;/h3-6H,1-2H3;1-2H,(H,7,8,9,10);1-3H,(H,6,7,8,9);1H. The Bertz CT molecular complexity index is 1100. The van der Waals surface area contributed by atoms with Gasteiger partial charge in [0.15, 0.2) is 28.8 Å². The summed E-state index contributed by atoms with van der Waals surface area (Å²) < 4.78 is 0. The number of fused-ring (bicyclic) bond motifs is 2. The van der Waals surface area contributed by atoms with Gasteiger partial charge in [-0.1, -0.05) is 11.6 Å². The number of aromatic amines is 3. The third-order valence-electron chi connectivity index (χ3n) is 3.49. The van der Waals surface area contributed by atoms with Crippen LogP contribution < -0.4 is 22.3 Å². The minimum atomic E-state index is 0. The van der Waals surface area contributed by atoms with Crippen molar-refractivity contribution in [3.8, 4) is 0 Å². The van der Waals surface area contributed by atoms with Gasteiger partial charge in [0, 0.05) is 31.9 Å². The summed E-state index contributed by atoms with van der Waals surface area (Å²) >= 11 is 5.68. The molecule has 0 saturated carbocycles. The molecule has 3 N–H and O–H groups in total. The second-order valence-electron chi connectivity index (χ2n) is 5.58. The molecule has 0 radical (unpaired) electrons. The van der Waals surface area contributed by atoms with Crippen molar-refractivity contribution in [1.82, 2.24) is 39.9 Å². The summed E-state index contributed by atoms with van der Waals surface area (Å²) in [5.74, 6) is 0. The molecule has 0 aliphatic carbocycles. The molecule has 0 atom stereocenters. The molecule has 0 spiro atoms. The van der Waals surface area contributed by atoms with Gasteiger partial charge in [0.1, 0.15) is 23.7 Å². The van der Waals surface area contributed by atoms with E-state index in [4.69, 9.17) is 11.6 Å². The third-order valence-corrected chi connectivity index (χ3v) is 3.78. The number of rotatable bonds is 1. The van der Waals surface area contributed by atoms with Crippen LogP contribution in [0.5, 0.6) is 0 Å². The number of halogens is 2. The zero-order valence-corrected chi connectivity index (χ0v) is 17.1. The second kappa shape index (κ2) is 10.8. The molecule has 0 unspecified atom stereocenters. The van der Waals surface area contributed by atoms with Gasteiger partial charge in [0.2, 0.25) is 0 Å². The quantitative estimate of drug-likeness (QED) is 0.323. The number of pyridine rings is 1. The number of nitrogens with one attached hydrogen (secondary N) is 3. The first-order valence-corrected chi connectivity index (χ1v) is 8.55. The summed E-state index contributed by atoms with van der Waals surface area (Å²) in [7, 11) is 4.05. The molecule has 12 heteroatoms. The highest BCUT2D eigenvalue weighted by Gasteiger charge is 2.00. The molecule has 0 aliphatic rings. The van der Waals surface area contributed by atoms with Crippen LogP contribution in [-0.2, 0) is 0 Å². The Hall–Kier alpha value is -3.37. The van der Waals surface area contributed by atoms with Crippen LogP contribution in [0, 0.1) is 0 Å². The molecule has 150 valence electrons. The molecule has 0 bridgehead atoms. The minimum absolute atomic E-state index is 0. The van der Waals surface area contributed by atoms with Crippen LogP contribution >= 0.6 is 11.6 Å². The maximum atomic E-state index is 5.68. The molecule has 0 fully saturated rings. The van der Waals surface area contributed by atoms with Crippen molar-refractivity contribution in [2.45, 2.75) is 0 Å². The highest BCUT2D eigenvalue weighted by atomic mass is 35.5. The van der Waals surface area contributed by atoms with Crippen molar-refractivity contribution in [2.75, 3.05) is 19.0 Å². The Labute approximate surface area is 177 Å². The van der Waals surface area contributed by atoms with E-state index in [1.165, 1.54) is 24.7 Å². The lowest BCUT2D eigenvalue weighted by Gasteiger charge is -2.08. The predicted molar refractivity (Wildman–Crippen MR) is 106 cm³/mol. The highest BCUT2D eigenvalue weighted by molar-refractivity contribution is 6.33. The van der Waals surface area contributed by atoms with Crippen LogP contribution in [0.3, 0.4) is 0 Å². The van der Waals surface area contributed by atoms with Crippen molar-refractivity contribution < 1.29 is 17.4 Å². The van der Waals surface area contributed by atoms with Gasteiger partial charge in [-0.25, -0.2) is 34.9 Å². The molecule has 0 amide bonds. The van der Waals surface area contributed by atoms with E-state index >= 15 is 0 Å². The van der Waals surface area contributed by atoms with E-state index in [9.17, 15) is 0 Å². The van der Waals surface area contributed by atoms with Crippen molar-refractivity contribution in [3.63, 3.8) is 0 Å². The minimum Gasteiger partial charge on any atom is -1.00 e. The van der Waals surface area contributed by atoms with E-state index in [2.05, 4.69) is 49.8 Å². The van der Waals surface area contributed by atoms with Gasteiger partial charge in [-0.2, -0.15) is 0 Å². The number of anilines is 1. The van der Waals surface area contributed by atoms with Crippen LogP contribution in [0.4, 0.5) is 5.69 Å². The van der Waals surface area contributed by atoms with Gasteiger partial charge in [-0.3, -0.25) is 0 Å². The fourth-order valence-corrected chi connectivity index (χ4v) is 2.29. The third kappa shape index (κ3) is 6.06. The maximum Gasteiger partial charge on any atom is 0.182 e. The van der Waals surface area contributed by atoms with E-state index in [-0.39, 0.29) is 12.4 Å². The monoisotopic (exact) mass is 432 g/mol. The molecule has 5 aromatic heterocycles. The number of aromatic nitrogens is 9. The smallest absolute Gasteiger partial charge is 0.182 e. The molecule has 0 aromatic carbocycles. The molecule has 5 heterocycles. The van der Waals surface area contributed by atoms with Crippen LogP contribution in [0.15, 0.2) is 56.0 Å². The van der Waals surface area contributed by atoms with Crippen molar-refractivity contribution in [2.24, 2.45) is 0 Å². The van der Waals surface area contributed by atoms with Crippen LogP contribution in [-0.4, -0.2) is 54.0 Å². The Morgan fingerprint density at radius 1 is 0.897 bits per heavy atom. The summed E-state index contributed by atoms with van der Waals surface area (Å²) in [4.78, 5) is 33.8. The van der Waals surface area contributed by atoms with Gasteiger partial charge in [0.05, 0.1) is 18.9 Å². The number of nitrogens with zero attached hydrogens (tertiary/aromatic N) is 7. The van der Waals surface area contributed by atoms with E-state index in [1.807, 2.05) is 38.6 Å². The Kier molecular flexibility index (Phi) is 8.19. The first-order valence-electron chi connectivity index (χ1n) is 8.17. The van der Waals surface area contributed by atoms with Gasteiger partial charge >= 0.3 is 0 Å². The Morgan fingerprint density at radius 2 is 1.59 bits per heavy atom. The summed E-state index contributed by atoms with van der Waals surface area (Å²) in [5.41, 5.74) is 4.08. The Morgan fingerprint density at radius 3 is 2.24 bits per heavy atom. The average Bonchev–Trinajstić information content (AvgIpc) is 3.40. The average molecular weight is 433 g/mol. The fourth-order valence-electron chi connectivity index (χ4n) is 2.10. The van der Waals surface area contributed by atoms with Crippen molar-refractivity contribution in [1.29, 1.82) is 0 Å². The van der Waals surface area contributed by atoms with Crippen LogP contribution in [0.2, 0.25) is 5.15 Å². The lowest BCUT2D eigenvalue weighted by atomic mass is 10.4. The first-order chi connectivity index (χ1) is 13.6. The SMILES string of the molecule is CN(C)c1cc[nH+]cc1.Clc1ncnc2nc[nH]c12.[Cl-].c1ncc2[nH]cnc2n1. The van der Waals surface area contributed by atoms with Gasteiger partial charge in [0.25, 0.3) is 0 Å². The lowest BCUT2D eigenvalue weighted by Crippen LogP contribution is -3.00. The van der Waals surface area contributed by atoms with E-state index in [0.29, 0.717) is 22.0 Å². The van der Waals surface area contributed by atoms with E-state index in [0.717, 1.165) is 5.52 Å². The zero-order valence-electron chi connectivity index (χ0n) is 15.6. The lowest BCUT2D eigenvalue weighted by molar-refractivity contribution is -0.377. The number of hydrogen-bond acceptors (Lipinski definition) is 7. The van der Waals surface area contributed by atoms with Gasteiger partial charge in [-0.05, 0) is 0 Å². The van der Waals surface area contributed by atoms with Crippen molar-refractivity contribution in [3.05, 3.63) is 61.2 Å². The van der Waals surface area contributed by atoms with Gasteiger partial charge < -0.3 is 27.3 Å². The molecule has 29 heavy (non-hydrogen) atoms. The number of H-pyrrole nitrogens is 3. The summed E-state index contributed by atoms with van der Waals surface area (Å²) in [5, 5.41) is 0.405. The van der Waals surface area contributed by atoms with Gasteiger partial charge in [-0.15, -0.1) is 0 Å². The van der Waals surface area contributed by atoms with Crippen molar-refractivity contribution >= 4 is 39.6 Å². The summed E-state index contributed by atoms with van der Waals surface area (Å²) in [6, 6.07) is 4.06. The molecular formula is C17H18Cl2N10. The predicted octanol–water partition coefficient (Wildman–Crippen LogP) is -1.07. The molecule has 0 saturated heterocycles. The van der Waals surface area contributed by atoms with E-state index < -0.39 is 0 Å². The number of hydrogen-bond donors (Lipinski definition) is 2. The van der Waals surface area contributed by atoms with E-state index in [1.54, 1.807) is 12.5 Å². The summed E-state index contributed by atoms with van der Waals surface area (Å²) in [6.45, 7) is 0. The first kappa shape index (κ1) is 21.9. The molecule has 5 rings (SSSR count).